The summed E-state index contributed by atoms with van der Waals surface area (Å²) >= 11 is 12.0. The SMILES string of the molecule is CC.Clc1ccc(-c2nc(Cl)c3ccccc3n2)cc1. The lowest BCUT2D eigenvalue weighted by Gasteiger charge is -2.04. The van der Waals surface area contributed by atoms with Crippen molar-refractivity contribution in [3.63, 3.8) is 0 Å². The summed E-state index contributed by atoms with van der Waals surface area (Å²) in [5.41, 5.74) is 1.73. The number of para-hydroxylation sites is 1. The molecule has 0 radical (unpaired) electrons. The van der Waals surface area contributed by atoms with E-state index in [1.165, 1.54) is 0 Å². The van der Waals surface area contributed by atoms with E-state index in [0.29, 0.717) is 16.0 Å². The highest BCUT2D eigenvalue weighted by Crippen LogP contribution is 2.25. The first kappa shape index (κ1) is 14.8. The molecule has 3 rings (SSSR count). The van der Waals surface area contributed by atoms with Crippen LogP contribution in [0.4, 0.5) is 0 Å². The average Bonchev–Trinajstić information content (AvgIpc) is 2.50. The molecule has 3 aromatic rings. The van der Waals surface area contributed by atoms with Crippen molar-refractivity contribution in [2.24, 2.45) is 0 Å². The van der Waals surface area contributed by atoms with Gasteiger partial charge >= 0.3 is 0 Å². The second-order valence-corrected chi connectivity index (χ2v) is 4.66. The molecule has 0 aliphatic rings. The fourth-order valence-corrected chi connectivity index (χ4v) is 2.13. The Morgan fingerprint density at radius 2 is 1.45 bits per heavy atom. The van der Waals surface area contributed by atoms with Gasteiger partial charge in [-0.05, 0) is 36.4 Å². The molecule has 0 saturated heterocycles. The molecule has 0 bridgehead atoms. The van der Waals surface area contributed by atoms with Gasteiger partial charge in [0.15, 0.2) is 5.82 Å². The van der Waals surface area contributed by atoms with Crippen LogP contribution in [0.15, 0.2) is 48.5 Å². The molecule has 1 heterocycles. The third-order valence-corrected chi connectivity index (χ3v) is 3.20. The Bertz CT molecular complexity index is 709. The Labute approximate surface area is 128 Å². The van der Waals surface area contributed by atoms with E-state index < -0.39 is 0 Å². The summed E-state index contributed by atoms with van der Waals surface area (Å²) in [5.74, 6) is 0.607. The zero-order chi connectivity index (χ0) is 14.5. The first-order valence-corrected chi connectivity index (χ1v) is 7.18. The van der Waals surface area contributed by atoms with Crippen LogP contribution in [0.2, 0.25) is 10.2 Å². The maximum atomic E-state index is 6.17. The molecule has 4 heteroatoms. The zero-order valence-electron chi connectivity index (χ0n) is 11.3. The van der Waals surface area contributed by atoms with Crippen LogP contribution in [0, 0.1) is 0 Å². The number of hydrogen-bond acceptors (Lipinski definition) is 2. The van der Waals surface area contributed by atoms with Crippen molar-refractivity contribution in [2.45, 2.75) is 13.8 Å². The lowest BCUT2D eigenvalue weighted by molar-refractivity contribution is 1.23. The van der Waals surface area contributed by atoms with Crippen molar-refractivity contribution in [1.82, 2.24) is 9.97 Å². The largest absolute Gasteiger partial charge is 0.228 e. The molecule has 2 nitrogen and oxygen atoms in total. The molecule has 0 atom stereocenters. The van der Waals surface area contributed by atoms with Crippen molar-refractivity contribution in [3.05, 3.63) is 58.7 Å². The van der Waals surface area contributed by atoms with Gasteiger partial charge in [0.2, 0.25) is 0 Å². The number of fused-ring (bicyclic) bond motifs is 1. The first-order chi connectivity index (χ1) is 9.74. The molecule has 1 aromatic heterocycles. The third-order valence-electron chi connectivity index (χ3n) is 2.66. The van der Waals surface area contributed by atoms with Crippen LogP contribution < -0.4 is 0 Å². The monoisotopic (exact) mass is 304 g/mol. The summed E-state index contributed by atoms with van der Waals surface area (Å²) in [4.78, 5) is 8.81. The van der Waals surface area contributed by atoms with E-state index in [1.807, 2.05) is 62.4 Å². The first-order valence-electron chi connectivity index (χ1n) is 6.42. The molecular weight excluding hydrogens is 291 g/mol. The van der Waals surface area contributed by atoms with Crippen molar-refractivity contribution in [2.75, 3.05) is 0 Å². The normalized spacial score (nSPS) is 10.0. The lowest BCUT2D eigenvalue weighted by Crippen LogP contribution is -1.91. The van der Waals surface area contributed by atoms with Crippen LogP contribution in [0.3, 0.4) is 0 Å². The Hall–Kier alpha value is -1.64. The molecule has 20 heavy (non-hydrogen) atoms. The predicted molar refractivity (Wildman–Crippen MR) is 86.3 cm³/mol. The summed E-state index contributed by atoms with van der Waals surface area (Å²) in [6, 6.07) is 15.0. The molecule has 0 amide bonds. The molecule has 0 fully saturated rings. The summed E-state index contributed by atoms with van der Waals surface area (Å²) in [6.07, 6.45) is 0. The van der Waals surface area contributed by atoms with Gasteiger partial charge in [-0.3, -0.25) is 0 Å². The van der Waals surface area contributed by atoms with Gasteiger partial charge in [-0.1, -0.05) is 49.2 Å². The van der Waals surface area contributed by atoms with Crippen LogP contribution in [0.5, 0.6) is 0 Å². The maximum absolute atomic E-state index is 6.17. The van der Waals surface area contributed by atoms with Crippen molar-refractivity contribution in [3.8, 4) is 11.4 Å². The quantitative estimate of drug-likeness (QED) is 0.544. The van der Waals surface area contributed by atoms with E-state index >= 15 is 0 Å². The number of rotatable bonds is 1. The van der Waals surface area contributed by atoms with Gasteiger partial charge in [0.25, 0.3) is 0 Å². The van der Waals surface area contributed by atoms with Gasteiger partial charge in [-0.15, -0.1) is 0 Å². The second-order valence-electron chi connectivity index (χ2n) is 3.86. The van der Waals surface area contributed by atoms with Crippen LogP contribution >= 0.6 is 23.2 Å². The Balaban J connectivity index is 0.000000704. The molecule has 0 aliphatic heterocycles. The fourth-order valence-electron chi connectivity index (χ4n) is 1.77. The molecule has 2 aromatic carbocycles. The predicted octanol–water partition coefficient (Wildman–Crippen LogP) is 5.63. The van der Waals surface area contributed by atoms with Gasteiger partial charge in [-0.25, -0.2) is 9.97 Å². The van der Waals surface area contributed by atoms with Gasteiger partial charge < -0.3 is 0 Å². The third kappa shape index (κ3) is 3.09. The van der Waals surface area contributed by atoms with Gasteiger partial charge in [0, 0.05) is 16.0 Å². The van der Waals surface area contributed by atoms with Gasteiger partial charge in [-0.2, -0.15) is 0 Å². The van der Waals surface area contributed by atoms with E-state index in [-0.39, 0.29) is 0 Å². The Kier molecular flexibility index (Phi) is 4.94. The standard InChI is InChI=1S/C14H8Cl2N2.C2H6/c15-10-7-5-9(6-8-10)14-17-12-4-2-1-3-11(12)13(16)18-14;1-2/h1-8H;1-2H3. The van der Waals surface area contributed by atoms with Gasteiger partial charge in [0.1, 0.15) is 5.15 Å². The van der Waals surface area contributed by atoms with Crippen LogP contribution in [0.1, 0.15) is 13.8 Å². The highest BCUT2D eigenvalue weighted by molar-refractivity contribution is 6.34. The molecule has 0 unspecified atom stereocenters. The molecule has 0 saturated carbocycles. The molecular formula is C16H14Cl2N2. The molecule has 0 aliphatic carbocycles. The summed E-state index contributed by atoms with van der Waals surface area (Å²) in [5, 5.41) is 2.01. The van der Waals surface area contributed by atoms with Crippen molar-refractivity contribution < 1.29 is 0 Å². The Morgan fingerprint density at radius 1 is 0.800 bits per heavy atom. The topological polar surface area (TPSA) is 25.8 Å². The molecule has 0 spiro atoms. The van der Waals surface area contributed by atoms with E-state index in [0.717, 1.165) is 16.5 Å². The van der Waals surface area contributed by atoms with E-state index in [9.17, 15) is 0 Å². The maximum Gasteiger partial charge on any atom is 0.161 e. The van der Waals surface area contributed by atoms with E-state index in [2.05, 4.69) is 9.97 Å². The minimum atomic E-state index is 0.463. The fraction of sp³-hybridized carbons (Fsp3) is 0.125. The number of aromatic nitrogens is 2. The van der Waals surface area contributed by atoms with Crippen molar-refractivity contribution >= 4 is 34.1 Å². The lowest BCUT2D eigenvalue weighted by atomic mass is 10.2. The van der Waals surface area contributed by atoms with Crippen LogP contribution in [0.25, 0.3) is 22.3 Å². The smallest absolute Gasteiger partial charge is 0.161 e. The Morgan fingerprint density at radius 3 is 2.15 bits per heavy atom. The van der Waals surface area contributed by atoms with Crippen molar-refractivity contribution in [1.29, 1.82) is 0 Å². The summed E-state index contributed by atoms with van der Waals surface area (Å²) in [7, 11) is 0. The van der Waals surface area contributed by atoms with Crippen LogP contribution in [-0.4, -0.2) is 9.97 Å². The number of hydrogen-bond donors (Lipinski definition) is 0. The zero-order valence-corrected chi connectivity index (χ0v) is 12.8. The second kappa shape index (κ2) is 6.69. The number of nitrogens with zero attached hydrogens (tertiary/aromatic N) is 2. The molecule has 0 N–H and O–H groups in total. The number of benzene rings is 2. The van der Waals surface area contributed by atoms with Crippen LogP contribution in [-0.2, 0) is 0 Å². The highest BCUT2D eigenvalue weighted by Gasteiger charge is 2.07. The van der Waals surface area contributed by atoms with E-state index in [1.54, 1.807) is 0 Å². The van der Waals surface area contributed by atoms with E-state index in [4.69, 9.17) is 23.2 Å². The van der Waals surface area contributed by atoms with Gasteiger partial charge in [0.05, 0.1) is 5.52 Å². The number of halogens is 2. The summed E-state index contributed by atoms with van der Waals surface area (Å²) in [6.45, 7) is 4.00. The minimum Gasteiger partial charge on any atom is -0.228 e. The molecule has 102 valence electrons. The summed E-state index contributed by atoms with van der Waals surface area (Å²) < 4.78 is 0. The highest BCUT2D eigenvalue weighted by atomic mass is 35.5. The average molecular weight is 305 g/mol. The minimum absolute atomic E-state index is 0.463.